The Morgan fingerprint density at radius 3 is 2.94 bits per heavy atom. The number of thiazole rings is 1. The van der Waals surface area contributed by atoms with Crippen LogP contribution in [0.1, 0.15) is 16.7 Å². The summed E-state index contributed by atoms with van der Waals surface area (Å²) in [6.07, 6.45) is 3.51. The zero-order valence-corrected chi connectivity index (χ0v) is 10.5. The first-order valence-corrected chi connectivity index (χ1v) is 6.61. The van der Waals surface area contributed by atoms with Crippen LogP contribution in [0, 0.1) is 0 Å². The van der Waals surface area contributed by atoms with Crippen molar-refractivity contribution in [2.45, 2.75) is 12.5 Å². The van der Waals surface area contributed by atoms with Crippen LogP contribution in [0.15, 0.2) is 48.2 Å². The molecule has 3 nitrogen and oxygen atoms in total. The first-order valence-electron chi connectivity index (χ1n) is 5.73. The lowest BCUT2D eigenvalue weighted by atomic mass is 10.0. The molecule has 2 heterocycles. The minimum absolute atomic E-state index is 0.561. The molecular weight excluding hydrogens is 244 g/mol. The minimum atomic E-state index is -0.587. The van der Waals surface area contributed by atoms with E-state index in [4.69, 9.17) is 0 Å². The van der Waals surface area contributed by atoms with Crippen molar-refractivity contribution in [3.05, 3.63) is 58.8 Å². The molecule has 0 aliphatic carbocycles. The smallest absolute Gasteiger partial charge is 0.101 e. The van der Waals surface area contributed by atoms with Crippen molar-refractivity contribution in [3.63, 3.8) is 0 Å². The molecule has 1 N–H and O–H groups in total. The number of hydrogen-bond acceptors (Lipinski definition) is 4. The molecule has 3 rings (SSSR count). The molecule has 0 radical (unpaired) electrons. The number of aromatic nitrogens is 2. The Morgan fingerprint density at radius 1 is 1.22 bits per heavy atom. The average Bonchev–Trinajstić information content (AvgIpc) is 2.91. The highest BCUT2D eigenvalue weighted by Gasteiger charge is 2.13. The van der Waals surface area contributed by atoms with Gasteiger partial charge in [-0.15, -0.1) is 11.3 Å². The fourth-order valence-corrected chi connectivity index (χ4v) is 2.67. The molecule has 1 atom stereocenters. The van der Waals surface area contributed by atoms with Gasteiger partial charge in [0.25, 0.3) is 0 Å². The van der Waals surface area contributed by atoms with Gasteiger partial charge in [0.15, 0.2) is 0 Å². The second-order valence-electron chi connectivity index (χ2n) is 4.10. The van der Waals surface area contributed by atoms with Crippen LogP contribution in [0.5, 0.6) is 0 Å². The maximum Gasteiger partial charge on any atom is 0.101 e. The zero-order valence-electron chi connectivity index (χ0n) is 9.65. The number of aliphatic hydroxyl groups excluding tert-OH is 1. The molecule has 90 valence electrons. The van der Waals surface area contributed by atoms with Crippen LogP contribution < -0.4 is 0 Å². The van der Waals surface area contributed by atoms with Gasteiger partial charge in [0.2, 0.25) is 0 Å². The van der Waals surface area contributed by atoms with Crippen LogP contribution >= 0.6 is 11.3 Å². The van der Waals surface area contributed by atoms with Gasteiger partial charge < -0.3 is 5.11 Å². The number of pyridine rings is 1. The first-order chi connectivity index (χ1) is 8.84. The van der Waals surface area contributed by atoms with Crippen molar-refractivity contribution in [2.75, 3.05) is 0 Å². The molecule has 18 heavy (non-hydrogen) atoms. The van der Waals surface area contributed by atoms with Crippen LogP contribution in [0.25, 0.3) is 10.8 Å². The van der Waals surface area contributed by atoms with Gasteiger partial charge in [-0.1, -0.05) is 24.3 Å². The molecule has 2 aromatic heterocycles. The highest BCUT2D eigenvalue weighted by Crippen LogP contribution is 2.25. The molecule has 1 aromatic carbocycles. The topological polar surface area (TPSA) is 46.0 Å². The van der Waals surface area contributed by atoms with Crippen molar-refractivity contribution in [1.29, 1.82) is 0 Å². The molecule has 4 heteroatoms. The number of benzene rings is 1. The summed E-state index contributed by atoms with van der Waals surface area (Å²) in [7, 11) is 0. The van der Waals surface area contributed by atoms with Crippen LogP contribution in [0.4, 0.5) is 0 Å². The van der Waals surface area contributed by atoms with Crippen LogP contribution in [0.3, 0.4) is 0 Å². The average molecular weight is 256 g/mol. The van der Waals surface area contributed by atoms with Crippen molar-refractivity contribution in [3.8, 4) is 0 Å². The van der Waals surface area contributed by atoms with Gasteiger partial charge in [-0.05, 0) is 11.5 Å². The molecule has 0 aliphatic heterocycles. The molecular formula is C14H12N2OS. The van der Waals surface area contributed by atoms with Crippen LogP contribution in [-0.4, -0.2) is 15.1 Å². The number of aliphatic hydroxyl groups is 1. The minimum Gasteiger partial charge on any atom is -0.386 e. The fourth-order valence-electron chi connectivity index (χ4n) is 2.04. The number of rotatable bonds is 3. The summed E-state index contributed by atoms with van der Waals surface area (Å²) in [5.74, 6) is 0. The monoisotopic (exact) mass is 256 g/mol. The van der Waals surface area contributed by atoms with E-state index in [1.165, 1.54) is 0 Å². The standard InChI is InChI=1S/C14H12N2OS/c17-13(7-11-8-15-9-18-11)14-12-4-2-1-3-10(12)5-6-16-14/h1-6,8-9,13,17H,7H2. The summed E-state index contributed by atoms with van der Waals surface area (Å²) in [6.45, 7) is 0. The van der Waals surface area contributed by atoms with Gasteiger partial charge in [-0.25, -0.2) is 0 Å². The molecule has 0 fully saturated rings. The van der Waals surface area contributed by atoms with Crippen LogP contribution in [0.2, 0.25) is 0 Å². The fraction of sp³-hybridized carbons (Fsp3) is 0.143. The van der Waals surface area contributed by atoms with E-state index in [1.807, 2.05) is 30.3 Å². The molecule has 0 bridgehead atoms. The Morgan fingerprint density at radius 2 is 2.11 bits per heavy atom. The van der Waals surface area contributed by atoms with Gasteiger partial charge >= 0.3 is 0 Å². The van der Waals surface area contributed by atoms with Gasteiger partial charge in [0.05, 0.1) is 11.2 Å². The molecule has 3 aromatic rings. The summed E-state index contributed by atoms with van der Waals surface area (Å²) < 4.78 is 0. The largest absolute Gasteiger partial charge is 0.386 e. The molecule has 0 amide bonds. The lowest BCUT2D eigenvalue weighted by molar-refractivity contribution is 0.176. The van der Waals surface area contributed by atoms with Gasteiger partial charge in [-0.3, -0.25) is 9.97 Å². The zero-order chi connectivity index (χ0) is 12.4. The highest BCUT2D eigenvalue weighted by molar-refractivity contribution is 7.09. The number of hydrogen-bond donors (Lipinski definition) is 1. The van der Waals surface area contributed by atoms with E-state index in [-0.39, 0.29) is 0 Å². The highest BCUT2D eigenvalue weighted by atomic mass is 32.1. The normalized spacial score (nSPS) is 12.7. The van der Waals surface area contributed by atoms with Crippen molar-refractivity contribution in [2.24, 2.45) is 0 Å². The molecule has 0 spiro atoms. The SMILES string of the molecule is OC(Cc1cncs1)c1nccc2ccccc12. The summed E-state index contributed by atoms with van der Waals surface area (Å²) in [5.41, 5.74) is 2.51. The molecule has 0 saturated carbocycles. The number of fused-ring (bicyclic) bond motifs is 1. The third kappa shape index (κ3) is 2.12. The Labute approximate surface area is 109 Å². The maximum atomic E-state index is 10.3. The maximum absolute atomic E-state index is 10.3. The lowest BCUT2D eigenvalue weighted by Gasteiger charge is -2.11. The van der Waals surface area contributed by atoms with Crippen molar-refractivity contribution >= 4 is 22.1 Å². The van der Waals surface area contributed by atoms with E-state index in [0.29, 0.717) is 6.42 Å². The first kappa shape index (κ1) is 11.3. The third-order valence-corrected chi connectivity index (χ3v) is 3.70. The second-order valence-corrected chi connectivity index (χ2v) is 5.08. The Kier molecular flexibility index (Phi) is 3.04. The summed E-state index contributed by atoms with van der Waals surface area (Å²) >= 11 is 1.55. The predicted molar refractivity (Wildman–Crippen MR) is 72.5 cm³/mol. The van der Waals surface area contributed by atoms with Gasteiger partial charge in [0, 0.05) is 29.1 Å². The Bertz CT molecular complexity index is 646. The summed E-state index contributed by atoms with van der Waals surface area (Å²) in [5, 5.41) is 12.4. The number of nitrogens with zero attached hydrogens (tertiary/aromatic N) is 2. The Hall–Kier alpha value is -1.78. The Balaban J connectivity index is 1.98. The molecule has 0 aliphatic rings. The van der Waals surface area contributed by atoms with Crippen molar-refractivity contribution in [1.82, 2.24) is 9.97 Å². The van der Waals surface area contributed by atoms with E-state index in [9.17, 15) is 5.11 Å². The van der Waals surface area contributed by atoms with Gasteiger partial charge in [-0.2, -0.15) is 0 Å². The quantitative estimate of drug-likeness (QED) is 0.783. The summed E-state index contributed by atoms with van der Waals surface area (Å²) in [4.78, 5) is 9.41. The van der Waals surface area contributed by atoms with E-state index >= 15 is 0 Å². The van der Waals surface area contributed by atoms with Gasteiger partial charge in [0.1, 0.15) is 6.10 Å². The molecule has 0 saturated heterocycles. The lowest BCUT2D eigenvalue weighted by Crippen LogP contribution is -2.04. The predicted octanol–water partition coefficient (Wildman–Crippen LogP) is 2.97. The third-order valence-electron chi connectivity index (χ3n) is 2.90. The van der Waals surface area contributed by atoms with E-state index in [0.717, 1.165) is 21.3 Å². The van der Waals surface area contributed by atoms with E-state index in [2.05, 4.69) is 9.97 Å². The van der Waals surface area contributed by atoms with Crippen molar-refractivity contribution < 1.29 is 5.11 Å². The molecule has 1 unspecified atom stereocenters. The van der Waals surface area contributed by atoms with E-state index in [1.54, 1.807) is 29.2 Å². The second kappa shape index (κ2) is 4.84. The van der Waals surface area contributed by atoms with Crippen LogP contribution in [-0.2, 0) is 6.42 Å². The summed E-state index contributed by atoms with van der Waals surface area (Å²) in [6, 6.07) is 9.93. The van der Waals surface area contributed by atoms with E-state index < -0.39 is 6.10 Å².